The van der Waals surface area contributed by atoms with Crippen LogP contribution < -0.4 is 10.2 Å². The van der Waals surface area contributed by atoms with Crippen LogP contribution in [0, 0.1) is 0 Å². The van der Waals surface area contributed by atoms with Gasteiger partial charge in [0, 0.05) is 32.7 Å². The average Bonchev–Trinajstić information content (AvgIpc) is 2.90. The van der Waals surface area contributed by atoms with E-state index in [1.165, 1.54) is 29.2 Å². The van der Waals surface area contributed by atoms with Gasteiger partial charge in [0.05, 0.1) is 22.4 Å². The highest BCUT2D eigenvalue weighted by atomic mass is 19.4. The summed E-state index contributed by atoms with van der Waals surface area (Å²) in [5.41, 5.74) is -0.525. The summed E-state index contributed by atoms with van der Waals surface area (Å²) in [5.74, 6) is -1.78. The zero-order valence-corrected chi connectivity index (χ0v) is 15.7. The Balaban J connectivity index is 1.71. The van der Waals surface area contributed by atoms with Gasteiger partial charge in [-0.05, 0) is 30.3 Å². The monoisotopic (exact) mass is 405 g/mol. The number of carbonyl (C=O) groups is 3. The molecule has 0 saturated carbocycles. The Hall–Kier alpha value is -3.36. The fourth-order valence-corrected chi connectivity index (χ4v) is 3.02. The smallest absolute Gasteiger partial charge is 0.378 e. The summed E-state index contributed by atoms with van der Waals surface area (Å²) in [6.45, 7) is -0.227. The fraction of sp³-hybridized carbons (Fsp3) is 0.250. The van der Waals surface area contributed by atoms with Crippen LogP contribution in [0.2, 0.25) is 0 Å². The molecule has 0 bridgehead atoms. The first-order valence-electron chi connectivity index (χ1n) is 8.73. The summed E-state index contributed by atoms with van der Waals surface area (Å²) in [7, 11) is 3.21. The molecule has 0 atom stereocenters. The second kappa shape index (κ2) is 7.57. The average molecular weight is 405 g/mol. The normalized spacial score (nSPS) is 13.5. The summed E-state index contributed by atoms with van der Waals surface area (Å²) < 4.78 is 40.1. The number of carbonyl (C=O) groups excluding carboxylic acids is 3. The maximum Gasteiger partial charge on any atom is 0.418 e. The van der Waals surface area contributed by atoms with E-state index in [0.29, 0.717) is 5.69 Å². The Morgan fingerprint density at radius 2 is 1.62 bits per heavy atom. The number of nitrogens with one attached hydrogen (secondary N) is 1. The van der Waals surface area contributed by atoms with E-state index >= 15 is 0 Å². The van der Waals surface area contributed by atoms with Gasteiger partial charge in [0.15, 0.2) is 0 Å². The summed E-state index contributed by atoms with van der Waals surface area (Å²) in [5, 5.41) is 2.23. The third kappa shape index (κ3) is 4.08. The van der Waals surface area contributed by atoms with Crippen molar-refractivity contribution in [3.8, 4) is 0 Å². The molecule has 0 spiro atoms. The third-order valence-corrected chi connectivity index (χ3v) is 4.54. The Kier molecular flexibility index (Phi) is 5.32. The molecule has 152 valence electrons. The molecule has 3 rings (SSSR count). The molecule has 1 heterocycles. The molecule has 1 N–H and O–H groups in total. The van der Waals surface area contributed by atoms with Crippen LogP contribution in [0.25, 0.3) is 0 Å². The van der Waals surface area contributed by atoms with Crippen LogP contribution in [-0.4, -0.2) is 43.3 Å². The number of hydrogen-bond donors (Lipinski definition) is 1. The molecule has 0 fully saturated rings. The van der Waals surface area contributed by atoms with E-state index in [4.69, 9.17) is 0 Å². The van der Waals surface area contributed by atoms with Crippen molar-refractivity contribution in [2.24, 2.45) is 0 Å². The van der Waals surface area contributed by atoms with Crippen molar-refractivity contribution in [3.63, 3.8) is 0 Å². The minimum absolute atomic E-state index is 0.227. The lowest BCUT2D eigenvalue weighted by Gasteiger charge is -2.19. The molecular formula is C20H18F3N3O3. The highest BCUT2D eigenvalue weighted by molar-refractivity contribution is 6.21. The molecule has 9 heteroatoms. The van der Waals surface area contributed by atoms with Crippen LogP contribution in [0.4, 0.5) is 24.5 Å². The molecule has 2 aromatic carbocycles. The zero-order valence-electron chi connectivity index (χ0n) is 15.7. The summed E-state index contributed by atoms with van der Waals surface area (Å²) >= 11 is 0. The largest absolute Gasteiger partial charge is 0.418 e. The van der Waals surface area contributed by atoms with Crippen molar-refractivity contribution in [2.45, 2.75) is 12.6 Å². The molecule has 0 aliphatic carbocycles. The first-order valence-corrected chi connectivity index (χ1v) is 8.73. The lowest BCUT2D eigenvalue weighted by molar-refractivity contribution is -0.136. The minimum Gasteiger partial charge on any atom is -0.378 e. The molecule has 0 aromatic heterocycles. The van der Waals surface area contributed by atoms with Gasteiger partial charge in [-0.25, -0.2) is 0 Å². The molecule has 0 radical (unpaired) electrons. The van der Waals surface area contributed by atoms with Crippen molar-refractivity contribution in [1.29, 1.82) is 0 Å². The molecule has 29 heavy (non-hydrogen) atoms. The summed E-state index contributed by atoms with van der Waals surface area (Å²) in [6.07, 6.45) is -4.98. The standard InChI is InChI=1S/C20H18F3N3O3/c1-25(2)12-7-8-16(15(11-12)20(21,22)23)24-17(27)9-10-26-18(28)13-5-3-4-6-14(13)19(26)29/h3-8,11H,9-10H2,1-2H3,(H,24,27). The van der Waals surface area contributed by atoms with Gasteiger partial charge in [0.2, 0.25) is 5.91 Å². The van der Waals surface area contributed by atoms with E-state index in [1.54, 1.807) is 26.2 Å². The SMILES string of the molecule is CN(C)c1ccc(NC(=O)CCN2C(=O)c3ccccc3C2=O)c(C(F)(F)F)c1. The molecule has 1 aliphatic heterocycles. The number of amides is 3. The van der Waals surface area contributed by atoms with Crippen LogP contribution in [-0.2, 0) is 11.0 Å². The van der Waals surface area contributed by atoms with Gasteiger partial charge in [-0.2, -0.15) is 13.2 Å². The van der Waals surface area contributed by atoms with Crippen molar-refractivity contribution in [3.05, 3.63) is 59.2 Å². The van der Waals surface area contributed by atoms with Crippen molar-refractivity contribution >= 4 is 29.1 Å². The Morgan fingerprint density at radius 3 is 2.14 bits per heavy atom. The molecule has 1 aliphatic rings. The van der Waals surface area contributed by atoms with E-state index in [-0.39, 0.29) is 29.8 Å². The fourth-order valence-electron chi connectivity index (χ4n) is 3.02. The number of imide groups is 1. The predicted octanol–water partition coefficient (Wildman–Crippen LogP) is 3.40. The Labute approximate surface area is 164 Å². The first kappa shape index (κ1) is 20.4. The van der Waals surface area contributed by atoms with Gasteiger partial charge in [0.1, 0.15) is 0 Å². The van der Waals surface area contributed by atoms with E-state index in [1.807, 2.05) is 0 Å². The van der Waals surface area contributed by atoms with Gasteiger partial charge in [-0.1, -0.05) is 12.1 Å². The number of fused-ring (bicyclic) bond motifs is 1. The quantitative estimate of drug-likeness (QED) is 0.775. The van der Waals surface area contributed by atoms with Gasteiger partial charge in [-0.15, -0.1) is 0 Å². The van der Waals surface area contributed by atoms with Crippen LogP contribution in [0.15, 0.2) is 42.5 Å². The lowest BCUT2D eigenvalue weighted by atomic mass is 10.1. The number of rotatable bonds is 5. The highest BCUT2D eigenvalue weighted by Gasteiger charge is 2.36. The summed E-state index contributed by atoms with van der Waals surface area (Å²) in [4.78, 5) is 39.2. The van der Waals surface area contributed by atoms with E-state index < -0.39 is 29.5 Å². The zero-order chi connectivity index (χ0) is 21.3. The molecule has 2 aromatic rings. The Bertz CT molecular complexity index is 951. The molecule has 6 nitrogen and oxygen atoms in total. The van der Waals surface area contributed by atoms with Crippen molar-refractivity contribution in [1.82, 2.24) is 4.90 Å². The van der Waals surface area contributed by atoms with Crippen LogP contribution in [0.1, 0.15) is 32.7 Å². The first-order chi connectivity index (χ1) is 13.6. The second-order valence-electron chi connectivity index (χ2n) is 6.73. The molecule has 0 unspecified atom stereocenters. The number of anilines is 2. The van der Waals surface area contributed by atoms with E-state index in [2.05, 4.69) is 5.32 Å². The number of alkyl halides is 3. The summed E-state index contributed by atoms with van der Waals surface area (Å²) in [6, 6.07) is 9.84. The van der Waals surface area contributed by atoms with Crippen LogP contribution in [0.5, 0.6) is 0 Å². The lowest BCUT2D eigenvalue weighted by Crippen LogP contribution is -2.33. The Morgan fingerprint density at radius 1 is 1.03 bits per heavy atom. The van der Waals surface area contributed by atoms with Gasteiger partial charge >= 0.3 is 6.18 Å². The molecule has 3 amide bonds. The van der Waals surface area contributed by atoms with Gasteiger partial charge in [0.25, 0.3) is 11.8 Å². The minimum atomic E-state index is -4.66. The van der Waals surface area contributed by atoms with Crippen molar-refractivity contribution in [2.75, 3.05) is 30.9 Å². The predicted molar refractivity (Wildman–Crippen MR) is 101 cm³/mol. The van der Waals surface area contributed by atoms with Gasteiger partial charge < -0.3 is 10.2 Å². The maximum absolute atomic E-state index is 13.4. The van der Waals surface area contributed by atoms with Crippen molar-refractivity contribution < 1.29 is 27.6 Å². The molecular weight excluding hydrogens is 387 g/mol. The second-order valence-corrected chi connectivity index (χ2v) is 6.73. The number of halogens is 3. The van der Waals surface area contributed by atoms with E-state index in [9.17, 15) is 27.6 Å². The van der Waals surface area contributed by atoms with E-state index in [0.717, 1.165) is 11.0 Å². The number of benzene rings is 2. The number of hydrogen-bond acceptors (Lipinski definition) is 4. The molecule has 0 saturated heterocycles. The number of nitrogens with zero attached hydrogens (tertiary/aromatic N) is 2. The third-order valence-electron chi connectivity index (χ3n) is 4.54. The maximum atomic E-state index is 13.4. The topological polar surface area (TPSA) is 69.7 Å². The van der Waals surface area contributed by atoms with Crippen LogP contribution in [0.3, 0.4) is 0 Å². The van der Waals surface area contributed by atoms with Gasteiger partial charge in [-0.3, -0.25) is 19.3 Å². The highest BCUT2D eigenvalue weighted by Crippen LogP contribution is 2.37. The van der Waals surface area contributed by atoms with Crippen LogP contribution >= 0.6 is 0 Å².